The zero-order chi connectivity index (χ0) is 15.6. The first-order valence-corrected chi connectivity index (χ1v) is 6.34. The first kappa shape index (κ1) is 14.3. The van der Waals surface area contributed by atoms with Gasteiger partial charge in [0.05, 0.1) is 10.6 Å². The van der Waals surface area contributed by atoms with Crippen molar-refractivity contribution in [1.29, 1.82) is 5.26 Å². The number of phenols is 2. The van der Waals surface area contributed by atoms with E-state index in [0.29, 0.717) is 5.01 Å². The molecule has 0 aliphatic heterocycles. The zero-order valence-electron chi connectivity index (χ0n) is 10.3. The summed E-state index contributed by atoms with van der Waals surface area (Å²) in [6, 6.07) is 3.90. The molecule has 9 heteroatoms. The number of nitriles is 1. The summed E-state index contributed by atoms with van der Waals surface area (Å²) >= 11 is 1.18. The number of nitrogens with zero attached hydrogens (tertiary/aromatic N) is 3. The van der Waals surface area contributed by atoms with Crippen LogP contribution in [0.5, 0.6) is 11.5 Å². The predicted octanol–water partition coefficient (Wildman–Crippen LogP) is 1.81. The van der Waals surface area contributed by atoms with E-state index in [1.54, 1.807) is 5.38 Å². The average molecular weight is 304 g/mol. The molecule has 2 rings (SSSR count). The number of allylic oxidation sites excluding steroid dienone is 1. The minimum absolute atomic E-state index is 0.0318. The van der Waals surface area contributed by atoms with Gasteiger partial charge in [-0.05, 0) is 6.07 Å². The lowest BCUT2D eigenvalue weighted by Gasteiger charge is -2.06. The lowest BCUT2D eigenvalue weighted by molar-refractivity contribution is -0.386. The van der Waals surface area contributed by atoms with Crippen LogP contribution >= 0.6 is 11.3 Å². The summed E-state index contributed by atoms with van der Waals surface area (Å²) in [5.74, 6) is -1.55. The van der Waals surface area contributed by atoms with Crippen LogP contribution in [0.25, 0.3) is 11.3 Å². The van der Waals surface area contributed by atoms with Crippen LogP contribution in [0.2, 0.25) is 0 Å². The lowest BCUT2D eigenvalue weighted by Crippen LogP contribution is -2.02. The fourth-order valence-corrected chi connectivity index (χ4v) is 2.26. The molecule has 0 amide bonds. The maximum atomic E-state index is 10.8. The van der Waals surface area contributed by atoms with E-state index in [2.05, 4.69) is 4.98 Å². The fraction of sp³-hybridized carbons (Fsp3) is 0. The van der Waals surface area contributed by atoms with E-state index in [1.165, 1.54) is 17.5 Å². The molecule has 0 aliphatic carbocycles. The maximum absolute atomic E-state index is 10.8. The number of nitro groups is 1. The van der Waals surface area contributed by atoms with Gasteiger partial charge in [-0.15, -0.1) is 11.3 Å². The molecule has 0 saturated heterocycles. The highest BCUT2D eigenvalue weighted by molar-refractivity contribution is 7.10. The molecule has 2 aromatic rings. The summed E-state index contributed by atoms with van der Waals surface area (Å²) < 4.78 is 0. The predicted molar refractivity (Wildman–Crippen MR) is 75.2 cm³/mol. The van der Waals surface area contributed by atoms with Crippen LogP contribution in [-0.4, -0.2) is 20.1 Å². The normalized spacial score (nSPS) is 11.6. The van der Waals surface area contributed by atoms with Gasteiger partial charge in [0.25, 0.3) is 0 Å². The molecule has 0 atom stereocenters. The molecule has 0 fully saturated rings. The fourth-order valence-electron chi connectivity index (χ4n) is 1.61. The highest BCUT2D eigenvalue weighted by atomic mass is 32.1. The van der Waals surface area contributed by atoms with Gasteiger partial charge in [-0.25, -0.2) is 4.98 Å². The summed E-state index contributed by atoms with van der Waals surface area (Å²) in [7, 11) is 0. The molecular weight excluding hydrogens is 296 g/mol. The van der Waals surface area contributed by atoms with Gasteiger partial charge in [0.15, 0.2) is 5.75 Å². The second kappa shape index (κ2) is 5.48. The molecule has 1 aromatic heterocycles. The number of hydrogen-bond acceptors (Lipinski definition) is 8. The summed E-state index contributed by atoms with van der Waals surface area (Å²) in [6.45, 7) is 0. The van der Waals surface area contributed by atoms with Crippen molar-refractivity contribution in [1.82, 2.24) is 4.98 Å². The lowest BCUT2D eigenvalue weighted by atomic mass is 10.1. The third kappa shape index (κ3) is 2.60. The third-order valence-electron chi connectivity index (χ3n) is 2.60. The quantitative estimate of drug-likeness (QED) is 0.339. The topological polar surface area (TPSA) is 146 Å². The second-order valence-corrected chi connectivity index (χ2v) is 4.75. The molecule has 0 radical (unpaired) electrons. The van der Waals surface area contributed by atoms with Crippen molar-refractivity contribution in [3.8, 4) is 17.6 Å². The Kier molecular flexibility index (Phi) is 3.73. The van der Waals surface area contributed by atoms with Crippen LogP contribution < -0.4 is 5.73 Å². The van der Waals surface area contributed by atoms with Crippen molar-refractivity contribution < 1.29 is 15.1 Å². The standard InChI is InChI=1S/C12H8N4O4S/c13-5-7(12-15-1-2-21-12)10(14)6-3-8(16(19)20)11(18)9(17)4-6/h1-4,17-18H,14H2/b10-7-. The van der Waals surface area contributed by atoms with Gasteiger partial charge in [-0.1, -0.05) is 0 Å². The maximum Gasteiger partial charge on any atom is 0.315 e. The van der Waals surface area contributed by atoms with E-state index in [-0.39, 0.29) is 16.8 Å². The monoisotopic (exact) mass is 304 g/mol. The van der Waals surface area contributed by atoms with E-state index >= 15 is 0 Å². The van der Waals surface area contributed by atoms with E-state index in [9.17, 15) is 20.3 Å². The Labute approximate surface area is 122 Å². The van der Waals surface area contributed by atoms with Crippen molar-refractivity contribution in [2.75, 3.05) is 0 Å². The molecule has 4 N–H and O–H groups in total. The van der Waals surface area contributed by atoms with Gasteiger partial charge in [0, 0.05) is 23.2 Å². The van der Waals surface area contributed by atoms with Crippen LogP contribution in [0.4, 0.5) is 5.69 Å². The number of aromatic nitrogens is 1. The number of nitrogens with two attached hydrogens (primary N) is 1. The second-order valence-electron chi connectivity index (χ2n) is 3.86. The largest absolute Gasteiger partial charge is 0.504 e. The van der Waals surface area contributed by atoms with Gasteiger partial charge in [-0.3, -0.25) is 10.1 Å². The van der Waals surface area contributed by atoms with Crippen molar-refractivity contribution in [2.24, 2.45) is 5.73 Å². The Morgan fingerprint density at radius 2 is 2.19 bits per heavy atom. The number of thiazole rings is 1. The summed E-state index contributed by atoms with van der Waals surface area (Å²) in [6.07, 6.45) is 1.49. The Morgan fingerprint density at radius 1 is 1.48 bits per heavy atom. The van der Waals surface area contributed by atoms with E-state index < -0.39 is 22.1 Å². The first-order chi connectivity index (χ1) is 9.95. The van der Waals surface area contributed by atoms with E-state index in [4.69, 9.17) is 11.0 Å². The molecule has 8 nitrogen and oxygen atoms in total. The van der Waals surface area contributed by atoms with Gasteiger partial charge in [0.2, 0.25) is 5.75 Å². The summed E-state index contributed by atoms with van der Waals surface area (Å²) in [5, 5.41) is 41.0. The third-order valence-corrected chi connectivity index (χ3v) is 3.40. The molecule has 1 heterocycles. The number of rotatable bonds is 3. The van der Waals surface area contributed by atoms with Gasteiger partial charge >= 0.3 is 5.69 Å². The minimum atomic E-state index is -0.860. The van der Waals surface area contributed by atoms with Crippen LogP contribution in [0.15, 0.2) is 23.7 Å². The molecule has 0 saturated carbocycles. The SMILES string of the molecule is N#C/C(=C(/N)c1cc(O)c(O)c([N+](=O)[O-])c1)c1nccs1. The van der Waals surface area contributed by atoms with Crippen LogP contribution in [0.3, 0.4) is 0 Å². The Morgan fingerprint density at radius 3 is 2.71 bits per heavy atom. The molecule has 21 heavy (non-hydrogen) atoms. The smallest absolute Gasteiger partial charge is 0.315 e. The highest BCUT2D eigenvalue weighted by Gasteiger charge is 2.21. The molecule has 106 valence electrons. The Balaban J connectivity index is 2.66. The van der Waals surface area contributed by atoms with Crippen molar-refractivity contribution >= 4 is 28.3 Å². The first-order valence-electron chi connectivity index (χ1n) is 5.46. The molecule has 0 bridgehead atoms. The Hall–Kier alpha value is -3.12. The number of nitro benzene ring substituents is 1. The average Bonchev–Trinajstić information content (AvgIpc) is 2.96. The Bertz CT molecular complexity index is 777. The summed E-state index contributed by atoms with van der Waals surface area (Å²) in [5.41, 5.74) is 5.13. The molecular formula is C12H8N4O4S. The van der Waals surface area contributed by atoms with Gasteiger partial charge in [0.1, 0.15) is 16.6 Å². The number of hydrogen-bond donors (Lipinski definition) is 3. The zero-order valence-corrected chi connectivity index (χ0v) is 11.2. The van der Waals surface area contributed by atoms with Crippen LogP contribution in [-0.2, 0) is 0 Å². The van der Waals surface area contributed by atoms with Crippen molar-refractivity contribution in [3.63, 3.8) is 0 Å². The van der Waals surface area contributed by atoms with E-state index in [0.717, 1.165) is 12.1 Å². The summed E-state index contributed by atoms with van der Waals surface area (Å²) in [4.78, 5) is 13.9. The minimum Gasteiger partial charge on any atom is -0.504 e. The number of phenolic OH excluding ortho intramolecular Hbond substituents is 2. The van der Waals surface area contributed by atoms with Gasteiger partial charge in [-0.2, -0.15) is 5.26 Å². The number of aromatic hydroxyl groups is 2. The molecule has 0 spiro atoms. The van der Waals surface area contributed by atoms with E-state index in [1.807, 2.05) is 6.07 Å². The number of benzene rings is 1. The van der Waals surface area contributed by atoms with Gasteiger partial charge < -0.3 is 15.9 Å². The molecule has 1 aromatic carbocycles. The highest BCUT2D eigenvalue weighted by Crippen LogP contribution is 2.38. The van der Waals surface area contributed by atoms with Crippen LogP contribution in [0.1, 0.15) is 10.6 Å². The molecule has 0 unspecified atom stereocenters. The van der Waals surface area contributed by atoms with Crippen LogP contribution in [0, 0.1) is 21.4 Å². The molecule has 0 aliphatic rings. The van der Waals surface area contributed by atoms with Crippen molar-refractivity contribution in [3.05, 3.63) is 44.4 Å². The van der Waals surface area contributed by atoms with Crippen molar-refractivity contribution in [2.45, 2.75) is 0 Å².